The molecule has 0 saturated carbocycles. The third kappa shape index (κ3) is 4.50. The third-order valence-corrected chi connectivity index (χ3v) is 5.02. The highest BCUT2D eigenvalue weighted by Gasteiger charge is 2.16. The maximum Gasteiger partial charge on any atom is 0.272 e. The van der Waals surface area contributed by atoms with Crippen molar-refractivity contribution in [2.75, 3.05) is 5.32 Å². The van der Waals surface area contributed by atoms with Gasteiger partial charge in [-0.15, -0.1) is 0 Å². The van der Waals surface area contributed by atoms with E-state index in [-0.39, 0.29) is 36.3 Å². The van der Waals surface area contributed by atoms with Gasteiger partial charge < -0.3 is 20.6 Å². The topological polar surface area (TPSA) is 107 Å². The number of hydrogen-bond donors (Lipinski definition) is 4. The van der Waals surface area contributed by atoms with Gasteiger partial charge in [0.1, 0.15) is 5.52 Å². The van der Waals surface area contributed by atoms with Gasteiger partial charge in [0.05, 0.1) is 12.8 Å². The normalized spacial score (nSPS) is 11.2. The van der Waals surface area contributed by atoms with Gasteiger partial charge in [-0.2, -0.15) is 0 Å². The van der Waals surface area contributed by atoms with Gasteiger partial charge in [0, 0.05) is 34.2 Å². The molecule has 0 fully saturated rings. The zero-order valence-corrected chi connectivity index (χ0v) is 17.4. The summed E-state index contributed by atoms with van der Waals surface area (Å²) in [6.07, 6.45) is 1.99. The van der Waals surface area contributed by atoms with Crippen LogP contribution < -0.4 is 16.2 Å². The Kier molecular flexibility index (Phi) is 5.58. The molecule has 7 heteroatoms. The molecule has 0 radical (unpaired) electrons. The molecule has 2 amide bonds. The minimum atomic E-state index is -0.256. The lowest BCUT2D eigenvalue weighted by molar-refractivity contribution is -0.121. The van der Waals surface area contributed by atoms with Crippen LogP contribution in [-0.2, 0) is 22.4 Å². The van der Waals surface area contributed by atoms with Gasteiger partial charge in [-0.05, 0) is 43.2 Å². The fourth-order valence-corrected chi connectivity index (χ4v) is 3.74. The Bertz CT molecular complexity index is 1320. The fourth-order valence-electron chi connectivity index (χ4n) is 3.74. The van der Waals surface area contributed by atoms with Crippen LogP contribution in [0.3, 0.4) is 0 Å². The molecule has 0 aliphatic rings. The molecule has 0 atom stereocenters. The van der Waals surface area contributed by atoms with Gasteiger partial charge in [-0.3, -0.25) is 14.4 Å². The molecule has 4 rings (SSSR count). The number of fused-ring (bicyclic) bond motifs is 3. The maximum atomic E-state index is 12.5. The number of benzene rings is 2. The van der Waals surface area contributed by atoms with Gasteiger partial charge in [-0.25, -0.2) is 0 Å². The SMILES string of the molecule is CC(C)NC(=O)Cc1c[nH]c(=O)c2[nH]c3ccc(NC(=O)Cc4ccccc4)cc3c12. The van der Waals surface area contributed by atoms with E-state index in [0.717, 1.165) is 16.5 Å². The molecule has 2 aromatic heterocycles. The molecule has 4 aromatic rings. The molecule has 2 aromatic carbocycles. The lowest BCUT2D eigenvalue weighted by atomic mass is 10.1. The molecule has 0 bridgehead atoms. The molecule has 0 unspecified atom stereocenters. The minimum absolute atomic E-state index is 0.0279. The Balaban J connectivity index is 1.68. The van der Waals surface area contributed by atoms with E-state index >= 15 is 0 Å². The summed E-state index contributed by atoms with van der Waals surface area (Å²) in [5.41, 5.74) is 3.20. The third-order valence-electron chi connectivity index (χ3n) is 5.02. The lowest BCUT2D eigenvalue weighted by Crippen LogP contribution is -2.31. The number of carbonyl (C=O) groups excluding carboxylic acids is 2. The van der Waals surface area contributed by atoms with E-state index in [4.69, 9.17) is 0 Å². The van der Waals surface area contributed by atoms with Crippen molar-refractivity contribution in [1.29, 1.82) is 0 Å². The van der Waals surface area contributed by atoms with Crippen LogP contribution in [0.25, 0.3) is 21.8 Å². The Hall–Kier alpha value is -3.87. The van der Waals surface area contributed by atoms with Crippen LogP contribution in [-0.4, -0.2) is 27.8 Å². The van der Waals surface area contributed by atoms with Crippen molar-refractivity contribution < 1.29 is 9.59 Å². The van der Waals surface area contributed by atoms with E-state index in [1.54, 1.807) is 12.3 Å². The average Bonchev–Trinajstić information content (AvgIpc) is 3.10. The number of nitrogens with one attached hydrogen (secondary N) is 4. The predicted octanol–water partition coefficient (Wildman–Crippen LogP) is 3.26. The molecule has 4 N–H and O–H groups in total. The number of anilines is 1. The smallest absolute Gasteiger partial charge is 0.272 e. The van der Waals surface area contributed by atoms with Crippen molar-refractivity contribution in [2.24, 2.45) is 0 Å². The maximum absolute atomic E-state index is 12.5. The highest BCUT2D eigenvalue weighted by Crippen LogP contribution is 2.29. The summed E-state index contributed by atoms with van der Waals surface area (Å²) in [4.78, 5) is 43.0. The Morgan fingerprint density at radius 2 is 1.77 bits per heavy atom. The number of amides is 2. The number of H-pyrrole nitrogens is 2. The molecular formula is C24H24N4O3. The van der Waals surface area contributed by atoms with E-state index in [9.17, 15) is 14.4 Å². The van der Waals surface area contributed by atoms with Gasteiger partial charge >= 0.3 is 0 Å². The molecule has 0 aliphatic heterocycles. The first kappa shape index (κ1) is 20.4. The summed E-state index contributed by atoms with van der Waals surface area (Å²) >= 11 is 0. The van der Waals surface area contributed by atoms with Crippen molar-refractivity contribution in [2.45, 2.75) is 32.7 Å². The summed E-state index contributed by atoms with van der Waals surface area (Å²) in [6.45, 7) is 3.80. The second-order valence-corrected chi connectivity index (χ2v) is 7.89. The van der Waals surface area contributed by atoms with Crippen LogP contribution in [0.2, 0.25) is 0 Å². The summed E-state index contributed by atoms with van der Waals surface area (Å²) in [5, 5.41) is 7.27. The first-order chi connectivity index (χ1) is 14.9. The van der Waals surface area contributed by atoms with E-state index in [1.807, 2.05) is 56.3 Å². The fraction of sp³-hybridized carbons (Fsp3) is 0.208. The molecule has 0 saturated heterocycles. The van der Waals surface area contributed by atoms with E-state index in [1.165, 1.54) is 0 Å². The first-order valence-corrected chi connectivity index (χ1v) is 10.2. The Morgan fingerprint density at radius 1 is 1.00 bits per heavy atom. The molecule has 31 heavy (non-hydrogen) atoms. The van der Waals surface area contributed by atoms with Crippen LogP contribution in [0.15, 0.2) is 59.5 Å². The quantitative estimate of drug-likeness (QED) is 0.388. The number of carbonyl (C=O) groups is 2. The molecule has 0 spiro atoms. The number of pyridine rings is 1. The van der Waals surface area contributed by atoms with Crippen molar-refractivity contribution in [3.63, 3.8) is 0 Å². The highest BCUT2D eigenvalue weighted by atomic mass is 16.2. The van der Waals surface area contributed by atoms with Crippen molar-refractivity contribution in [1.82, 2.24) is 15.3 Å². The largest absolute Gasteiger partial charge is 0.354 e. The number of rotatable bonds is 6. The Labute approximate surface area is 178 Å². The van der Waals surface area contributed by atoms with Crippen LogP contribution in [0.5, 0.6) is 0 Å². The number of aromatic amines is 2. The van der Waals surface area contributed by atoms with E-state index < -0.39 is 0 Å². The monoisotopic (exact) mass is 416 g/mol. The minimum Gasteiger partial charge on any atom is -0.354 e. The second-order valence-electron chi connectivity index (χ2n) is 7.89. The second kappa shape index (κ2) is 8.47. The van der Waals surface area contributed by atoms with Crippen molar-refractivity contribution >= 4 is 39.3 Å². The standard InChI is InChI=1S/C24H24N4O3/c1-14(2)26-21(30)11-16-13-25-24(31)23-22(16)18-12-17(8-9-19(18)28-23)27-20(29)10-15-6-4-3-5-7-15/h3-9,12-14,28H,10-11H2,1-2H3,(H,25,31)(H,26,30)(H,27,29). The van der Waals surface area contributed by atoms with Crippen LogP contribution >= 0.6 is 0 Å². The molecule has 158 valence electrons. The average molecular weight is 416 g/mol. The Morgan fingerprint density at radius 3 is 2.52 bits per heavy atom. The number of hydrogen-bond acceptors (Lipinski definition) is 3. The van der Waals surface area contributed by atoms with Crippen molar-refractivity contribution in [3.05, 3.63) is 76.2 Å². The van der Waals surface area contributed by atoms with E-state index in [0.29, 0.717) is 22.2 Å². The zero-order valence-electron chi connectivity index (χ0n) is 17.4. The van der Waals surface area contributed by atoms with Gasteiger partial charge in [0.15, 0.2) is 0 Å². The van der Waals surface area contributed by atoms with Crippen LogP contribution in [0.1, 0.15) is 25.0 Å². The highest BCUT2D eigenvalue weighted by molar-refractivity contribution is 6.11. The van der Waals surface area contributed by atoms with E-state index in [2.05, 4.69) is 20.6 Å². The summed E-state index contributed by atoms with van der Waals surface area (Å²) in [7, 11) is 0. The van der Waals surface area contributed by atoms with Gasteiger partial charge in [0.2, 0.25) is 11.8 Å². The molecular weight excluding hydrogens is 392 g/mol. The van der Waals surface area contributed by atoms with Crippen LogP contribution in [0, 0.1) is 0 Å². The molecule has 7 nitrogen and oxygen atoms in total. The van der Waals surface area contributed by atoms with Crippen molar-refractivity contribution in [3.8, 4) is 0 Å². The van der Waals surface area contributed by atoms with Crippen LogP contribution in [0.4, 0.5) is 5.69 Å². The molecule has 2 heterocycles. The first-order valence-electron chi connectivity index (χ1n) is 10.2. The predicted molar refractivity (Wildman–Crippen MR) is 122 cm³/mol. The van der Waals surface area contributed by atoms with Gasteiger partial charge in [-0.1, -0.05) is 30.3 Å². The summed E-state index contributed by atoms with van der Waals surface area (Å²) in [5.74, 6) is -0.246. The zero-order chi connectivity index (χ0) is 22.0. The summed E-state index contributed by atoms with van der Waals surface area (Å²) < 4.78 is 0. The molecule has 0 aliphatic carbocycles. The number of aromatic nitrogens is 2. The lowest BCUT2D eigenvalue weighted by Gasteiger charge is -2.09. The summed E-state index contributed by atoms with van der Waals surface area (Å²) in [6, 6.07) is 15.0. The van der Waals surface area contributed by atoms with Gasteiger partial charge in [0.25, 0.3) is 5.56 Å².